The molecule has 0 radical (unpaired) electrons. The van der Waals surface area contributed by atoms with Crippen molar-refractivity contribution < 1.29 is 19.0 Å². The first-order valence-corrected chi connectivity index (χ1v) is 13.2. The molecule has 0 spiro atoms. The summed E-state index contributed by atoms with van der Waals surface area (Å²) in [6.45, 7) is 3.71. The van der Waals surface area contributed by atoms with Gasteiger partial charge in [0.1, 0.15) is 0 Å². The van der Waals surface area contributed by atoms with Crippen molar-refractivity contribution in [2.45, 2.75) is 19.9 Å². The molecule has 0 fully saturated rings. The van der Waals surface area contributed by atoms with Gasteiger partial charge in [-0.2, -0.15) is 0 Å². The van der Waals surface area contributed by atoms with E-state index >= 15 is 0 Å². The number of rotatable bonds is 7. The Morgan fingerprint density at radius 1 is 1.16 bits per heavy atom. The van der Waals surface area contributed by atoms with E-state index in [2.05, 4.69) is 20.9 Å². The number of allylic oxidation sites excluding steroid dienone is 1. The van der Waals surface area contributed by atoms with Gasteiger partial charge in [-0.15, -0.1) is 0 Å². The molecule has 194 valence electrons. The van der Waals surface area contributed by atoms with Crippen molar-refractivity contribution in [3.63, 3.8) is 0 Å². The molecule has 0 N–H and O–H groups in total. The standard InChI is InChI=1S/C27H28BrN3O5S/c1-7-36-26(33)23-15(2)29-27-31(24(23)17-9-11-20(34-5)21(14-17)35-6)25(32)22(37-27)13-16-8-10-19(30(3)4)18(28)12-16/h8-14,24H,7H2,1-6H3/b22-13-/t24-/m1/s1. The molecule has 0 saturated heterocycles. The molecule has 1 aromatic heterocycles. The molecule has 37 heavy (non-hydrogen) atoms. The van der Waals surface area contributed by atoms with E-state index in [1.165, 1.54) is 11.3 Å². The van der Waals surface area contributed by atoms with E-state index in [1.54, 1.807) is 44.8 Å². The van der Waals surface area contributed by atoms with Crippen LogP contribution in [0.4, 0.5) is 5.69 Å². The predicted molar refractivity (Wildman–Crippen MR) is 148 cm³/mol. The average molecular weight is 587 g/mol. The topological polar surface area (TPSA) is 82.4 Å². The van der Waals surface area contributed by atoms with Crippen LogP contribution in [0.2, 0.25) is 0 Å². The number of aromatic nitrogens is 1. The zero-order valence-electron chi connectivity index (χ0n) is 21.5. The molecule has 1 atom stereocenters. The van der Waals surface area contributed by atoms with Gasteiger partial charge in [0.2, 0.25) is 0 Å². The number of halogens is 1. The van der Waals surface area contributed by atoms with Gasteiger partial charge in [0.25, 0.3) is 5.56 Å². The van der Waals surface area contributed by atoms with Crippen LogP contribution in [0.25, 0.3) is 6.08 Å². The summed E-state index contributed by atoms with van der Waals surface area (Å²) in [6, 6.07) is 10.5. The third-order valence-corrected chi connectivity index (χ3v) is 7.61. The molecule has 0 amide bonds. The molecule has 1 aliphatic heterocycles. The number of thiazole rings is 1. The van der Waals surface area contributed by atoms with E-state index in [0.717, 1.165) is 15.7 Å². The smallest absolute Gasteiger partial charge is 0.338 e. The number of hydrogen-bond donors (Lipinski definition) is 0. The summed E-state index contributed by atoms with van der Waals surface area (Å²) >= 11 is 4.89. The van der Waals surface area contributed by atoms with E-state index < -0.39 is 12.0 Å². The number of ether oxygens (including phenoxy) is 3. The molecule has 2 heterocycles. The van der Waals surface area contributed by atoms with E-state index in [-0.39, 0.29) is 12.2 Å². The molecule has 4 rings (SSSR count). The Balaban J connectivity index is 1.94. The Morgan fingerprint density at radius 3 is 2.51 bits per heavy atom. The molecule has 0 aliphatic carbocycles. The fourth-order valence-electron chi connectivity index (χ4n) is 4.26. The van der Waals surface area contributed by atoms with Crippen molar-refractivity contribution in [1.82, 2.24) is 4.57 Å². The zero-order valence-corrected chi connectivity index (χ0v) is 23.9. The van der Waals surface area contributed by atoms with Crippen molar-refractivity contribution in [1.29, 1.82) is 0 Å². The Labute approximate surface area is 227 Å². The fraction of sp³-hybridized carbons (Fsp3) is 0.296. The first-order valence-electron chi connectivity index (χ1n) is 11.6. The zero-order chi connectivity index (χ0) is 26.9. The summed E-state index contributed by atoms with van der Waals surface area (Å²) in [5, 5.41) is 0. The van der Waals surface area contributed by atoms with Gasteiger partial charge in [-0.3, -0.25) is 9.36 Å². The number of carbonyl (C=O) groups excluding carboxylic acids is 1. The van der Waals surface area contributed by atoms with Crippen LogP contribution in [0.3, 0.4) is 0 Å². The Morgan fingerprint density at radius 2 is 1.89 bits per heavy atom. The number of esters is 1. The second kappa shape index (κ2) is 10.9. The lowest BCUT2D eigenvalue weighted by Crippen LogP contribution is -2.40. The van der Waals surface area contributed by atoms with E-state index in [0.29, 0.717) is 37.7 Å². The molecule has 8 nitrogen and oxygen atoms in total. The Kier molecular flexibility index (Phi) is 7.89. The van der Waals surface area contributed by atoms with Crippen molar-refractivity contribution in [3.05, 3.63) is 83.0 Å². The van der Waals surface area contributed by atoms with Crippen LogP contribution in [0.1, 0.15) is 31.0 Å². The summed E-state index contributed by atoms with van der Waals surface area (Å²) in [7, 11) is 7.03. The highest BCUT2D eigenvalue weighted by molar-refractivity contribution is 9.10. The van der Waals surface area contributed by atoms with Crippen LogP contribution in [-0.4, -0.2) is 45.5 Å². The molecule has 0 saturated carbocycles. The van der Waals surface area contributed by atoms with E-state index in [4.69, 9.17) is 14.2 Å². The first-order chi connectivity index (χ1) is 17.7. The van der Waals surface area contributed by atoms with Crippen LogP contribution in [0.15, 0.2) is 61.9 Å². The molecule has 10 heteroatoms. The van der Waals surface area contributed by atoms with Crippen molar-refractivity contribution >= 4 is 45.0 Å². The number of hydrogen-bond acceptors (Lipinski definition) is 8. The second-order valence-corrected chi connectivity index (χ2v) is 10.4. The van der Waals surface area contributed by atoms with E-state index in [9.17, 15) is 9.59 Å². The van der Waals surface area contributed by atoms with Gasteiger partial charge in [-0.25, -0.2) is 9.79 Å². The van der Waals surface area contributed by atoms with E-state index in [1.807, 2.05) is 49.3 Å². The summed E-state index contributed by atoms with van der Waals surface area (Å²) in [5.74, 6) is 0.524. The normalized spacial score (nSPS) is 15.2. The quantitative estimate of drug-likeness (QED) is 0.394. The first kappa shape index (κ1) is 26.7. The second-order valence-electron chi connectivity index (χ2n) is 8.52. The van der Waals surface area contributed by atoms with Crippen LogP contribution in [0.5, 0.6) is 11.5 Å². The minimum absolute atomic E-state index is 0.205. The number of carbonyl (C=O) groups is 1. The van der Waals surface area contributed by atoms with Gasteiger partial charge >= 0.3 is 5.97 Å². The number of anilines is 1. The van der Waals surface area contributed by atoms with Crippen LogP contribution in [-0.2, 0) is 9.53 Å². The van der Waals surface area contributed by atoms with Gasteiger partial charge in [0.05, 0.1) is 48.4 Å². The van der Waals surface area contributed by atoms with Gasteiger partial charge in [-0.1, -0.05) is 23.5 Å². The molecular formula is C27H28BrN3O5S. The maximum absolute atomic E-state index is 13.8. The van der Waals surface area contributed by atoms with Gasteiger partial charge in [0, 0.05) is 18.6 Å². The molecule has 1 aliphatic rings. The molecule has 3 aromatic rings. The summed E-state index contributed by atoms with van der Waals surface area (Å²) < 4.78 is 19.2. The molecular weight excluding hydrogens is 558 g/mol. The van der Waals surface area contributed by atoms with Crippen molar-refractivity contribution in [2.24, 2.45) is 4.99 Å². The van der Waals surface area contributed by atoms with Crippen molar-refractivity contribution in [2.75, 3.05) is 39.8 Å². The summed E-state index contributed by atoms with van der Waals surface area (Å²) in [5.41, 5.74) is 3.15. The number of nitrogens with zero attached hydrogens (tertiary/aromatic N) is 3. The van der Waals surface area contributed by atoms with Gasteiger partial charge in [0.15, 0.2) is 16.3 Å². The highest BCUT2D eigenvalue weighted by atomic mass is 79.9. The average Bonchev–Trinajstić information content (AvgIpc) is 3.16. The third-order valence-electron chi connectivity index (χ3n) is 5.99. The minimum atomic E-state index is -0.736. The minimum Gasteiger partial charge on any atom is -0.493 e. The summed E-state index contributed by atoms with van der Waals surface area (Å²) in [6.07, 6.45) is 1.84. The fourth-order valence-corrected chi connectivity index (χ4v) is 6.05. The van der Waals surface area contributed by atoms with Crippen LogP contribution < -0.4 is 29.3 Å². The highest BCUT2D eigenvalue weighted by Crippen LogP contribution is 2.36. The van der Waals surface area contributed by atoms with Crippen LogP contribution >= 0.6 is 27.3 Å². The van der Waals surface area contributed by atoms with Gasteiger partial charge in [-0.05, 0) is 71.2 Å². The monoisotopic (exact) mass is 585 g/mol. The lowest BCUT2D eigenvalue weighted by atomic mass is 9.95. The predicted octanol–water partition coefficient (Wildman–Crippen LogP) is 3.64. The maximum Gasteiger partial charge on any atom is 0.338 e. The lowest BCUT2D eigenvalue weighted by molar-refractivity contribution is -0.139. The highest BCUT2D eigenvalue weighted by Gasteiger charge is 2.33. The number of benzene rings is 2. The largest absolute Gasteiger partial charge is 0.493 e. The molecule has 0 unspecified atom stereocenters. The SMILES string of the molecule is CCOC(=O)C1=C(C)N=c2s/c(=C\c3ccc(N(C)C)c(Br)c3)c(=O)n2[C@@H]1c1ccc(OC)c(OC)c1. The lowest BCUT2D eigenvalue weighted by Gasteiger charge is -2.25. The molecule has 0 bridgehead atoms. The third kappa shape index (κ3) is 5.08. The number of methoxy groups -OCH3 is 2. The van der Waals surface area contributed by atoms with Crippen molar-refractivity contribution in [3.8, 4) is 11.5 Å². The summed E-state index contributed by atoms with van der Waals surface area (Å²) in [4.78, 5) is 34.0. The Bertz CT molecular complexity index is 1570. The van der Waals surface area contributed by atoms with Gasteiger partial charge < -0.3 is 19.1 Å². The molecule has 2 aromatic carbocycles. The number of fused-ring (bicyclic) bond motifs is 1. The maximum atomic E-state index is 13.8. The Hall–Kier alpha value is -3.37. The van der Waals surface area contributed by atoms with Crippen LogP contribution in [0, 0.1) is 0 Å².